The molecule has 0 aromatic heterocycles. The van der Waals surface area contributed by atoms with Crippen LogP contribution in [0, 0.1) is 6.07 Å². The molecule has 0 spiro atoms. The van der Waals surface area contributed by atoms with Gasteiger partial charge in [-0.3, -0.25) is 0 Å². The van der Waals surface area contributed by atoms with Gasteiger partial charge in [0.25, 0.3) is 0 Å². The van der Waals surface area contributed by atoms with Gasteiger partial charge in [-0.05, 0) is 18.2 Å². The quantitative estimate of drug-likeness (QED) is 0.768. The highest BCUT2D eigenvalue weighted by atomic mass is 32.2. The van der Waals surface area contributed by atoms with Crippen LogP contribution in [0.1, 0.15) is 0 Å². The minimum atomic E-state index is -3.67. The number of nitrogens with zero attached hydrogens (tertiary/aromatic N) is 1. The predicted octanol–water partition coefficient (Wildman–Crippen LogP) is 0.331. The first-order valence-electron chi connectivity index (χ1n) is 3.69. The molecule has 0 bridgehead atoms. The molecule has 0 saturated carbocycles. The lowest BCUT2D eigenvalue weighted by atomic mass is 10.3. The van der Waals surface area contributed by atoms with E-state index in [2.05, 4.69) is 6.07 Å². The molecule has 1 rings (SSSR count). The van der Waals surface area contributed by atoms with Gasteiger partial charge in [-0.1, -0.05) is 12.1 Å². The number of hydrogen-bond donors (Lipinski definition) is 1. The molecule has 0 aliphatic heterocycles. The summed E-state index contributed by atoms with van der Waals surface area (Å²) in [5.41, 5.74) is 5.16. The molecular weight excluding hydrogens is 204 g/mol. The first-order chi connectivity index (χ1) is 6.43. The van der Waals surface area contributed by atoms with Crippen LogP contribution in [0.15, 0.2) is 24.3 Å². The van der Waals surface area contributed by atoms with Gasteiger partial charge in [0.05, 0.1) is 11.9 Å². The lowest BCUT2D eigenvalue weighted by molar-refractivity contribution is 0.257. The summed E-state index contributed by atoms with van der Waals surface area (Å²) < 4.78 is 22.9. The molecule has 0 aliphatic rings. The second kappa shape index (κ2) is 3.67. The van der Waals surface area contributed by atoms with E-state index in [1.54, 1.807) is 0 Å². The maximum Gasteiger partial charge on any atom is 0.333 e. The van der Waals surface area contributed by atoms with Crippen LogP contribution >= 0.6 is 0 Å². The van der Waals surface area contributed by atoms with Gasteiger partial charge in [-0.15, -0.1) is 0 Å². The number of hydrogen-bond acceptors (Lipinski definition) is 3. The van der Waals surface area contributed by atoms with Gasteiger partial charge in [0, 0.05) is 0 Å². The SMILES string of the molecule is CS(=O)(=O)N(C(N)=O)c1cc[c]cc1. The van der Waals surface area contributed by atoms with Crippen LogP contribution in [0.4, 0.5) is 10.5 Å². The van der Waals surface area contributed by atoms with Gasteiger partial charge >= 0.3 is 6.03 Å². The van der Waals surface area contributed by atoms with Crippen molar-refractivity contribution in [3.8, 4) is 0 Å². The Morgan fingerprint density at radius 3 is 2.29 bits per heavy atom. The zero-order chi connectivity index (χ0) is 10.8. The lowest BCUT2D eigenvalue weighted by Crippen LogP contribution is -2.40. The molecular formula is C8H9N2O3S. The number of carbonyl (C=O) groups excluding carboxylic acids is 1. The van der Waals surface area contributed by atoms with Crippen molar-refractivity contribution in [1.29, 1.82) is 0 Å². The van der Waals surface area contributed by atoms with Crippen LogP contribution in [0.2, 0.25) is 0 Å². The maximum atomic E-state index is 11.2. The molecule has 1 radical (unpaired) electrons. The second-order valence-electron chi connectivity index (χ2n) is 2.62. The van der Waals surface area contributed by atoms with Crippen LogP contribution in [-0.4, -0.2) is 20.7 Å². The van der Waals surface area contributed by atoms with E-state index in [4.69, 9.17) is 5.73 Å². The fraction of sp³-hybridized carbons (Fsp3) is 0.125. The molecule has 5 nitrogen and oxygen atoms in total. The summed E-state index contributed by atoms with van der Waals surface area (Å²) in [5, 5.41) is 0. The average molecular weight is 213 g/mol. The van der Waals surface area contributed by atoms with Gasteiger partial charge in [0.15, 0.2) is 0 Å². The molecule has 1 aromatic rings. The molecule has 0 saturated heterocycles. The number of rotatable bonds is 2. The Balaban J connectivity index is 3.22. The molecule has 75 valence electrons. The van der Waals surface area contributed by atoms with Crippen molar-refractivity contribution in [3.05, 3.63) is 30.3 Å². The van der Waals surface area contributed by atoms with Gasteiger partial charge < -0.3 is 5.73 Å². The van der Waals surface area contributed by atoms with Crippen LogP contribution in [0.5, 0.6) is 0 Å². The molecule has 0 heterocycles. The van der Waals surface area contributed by atoms with Gasteiger partial charge in [-0.25, -0.2) is 13.2 Å². The van der Waals surface area contributed by atoms with E-state index in [1.165, 1.54) is 24.3 Å². The molecule has 0 fully saturated rings. The first-order valence-corrected chi connectivity index (χ1v) is 5.53. The van der Waals surface area contributed by atoms with Crippen molar-refractivity contribution in [2.75, 3.05) is 10.6 Å². The summed E-state index contributed by atoms with van der Waals surface area (Å²) in [7, 11) is -3.67. The van der Waals surface area contributed by atoms with Crippen molar-refractivity contribution in [2.45, 2.75) is 0 Å². The van der Waals surface area contributed by atoms with Crippen molar-refractivity contribution in [3.63, 3.8) is 0 Å². The van der Waals surface area contributed by atoms with E-state index in [0.29, 0.717) is 4.31 Å². The number of amides is 2. The van der Waals surface area contributed by atoms with Crippen molar-refractivity contribution >= 4 is 21.7 Å². The van der Waals surface area contributed by atoms with E-state index >= 15 is 0 Å². The van der Waals surface area contributed by atoms with Crippen molar-refractivity contribution in [2.24, 2.45) is 5.73 Å². The zero-order valence-corrected chi connectivity index (χ0v) is 8.28. The number of benzene rings is 1. The number of nitrogens with two attached hydrogens (primary N) is 1. The monoisotopic (exact) mass is 213 g/mol. The smallest absolute Gasteiger partial charge is 0.333 e. The largest absolute Gasteiger partial charge is 0.350 e. The minimum Gasteiger partial charge on any atom is -0.350 e. The third kappa shape index (κ3) is 2.23. The number of anilines is 1. The van der Waals surface area contributed by atoms with Gasteiger partial charge in [0.1, 0.15) is 0 Å². The Morgan fingerprint density at radius 1 is 1.43 bits per heavy atom. The zero-order valence-electron chi connectivity index (χ0n) is 7.47. The van der Waals surface area contributed by atoms with E-state index in [-0.39, 0.29) is 5.69 Å². The van der Waals surface area contributed by atoms with E-state index in [9.17, 15) is 13.2 Å². The normalized spacial score (nSPS) is 10.9. The summed E-state index contributed by atoms with van der Waals surface area (Å²) in [5.74, 6) is 0. The Morgan fingerprint density at radius 2 is 1.93 bits per heavy atom. The molecule has 2 N–H and O–H groups in total. The van der Waals surface area contributed by atoms with Gasteiger partial charge in [0.2, 0.25) is 10.0 Å². The first kappa shape index (κ1) is 10.5. The summed E-state index contributed by atoms with van der Waals surface area (Å²) in [6.45, 7) is 0. The number of sulfonamides is 1. The van der Waals surface area contributed by atoms with Crippen molar-refractivity contribution in [1.82, 2.24) is 0 Å². The lowest BCUT2D eigenvalue weighted by Gasteiger charge is -2.17. The highest BCUT2D eigenvalue weighted by Gasteiger charge is 2.22. The second-order valence-corrected chi connectivity index (χ2v) is 4.46. The number of urea groups is 1. The fourth-order valence-electron chi connectivity index (χ4n) is 0.996. The molecule has 2 amide bonds. The third-order valence-corrected chi connectivity index (χ3v) is 2.52. The average Bonchev–Trinajstić information content (AvgIpc) is 2.02. The van der Waals surface area contributed by atoms with E-state index in [0.717, 1.165) is 6.26 Å². The summed E-state index contributed by atoms with van der Waals surface area (Å²) in [6, 6.07) is 7.54. The Bertz CT molecular complexity index is 427. The summed E-state index contributed by atoms with van der Waals surface area (Å²) in [6.07, 6.45) is 0.911. The maximum absolute atomic E-state index is 11.2. The van der Waals surface area contributed by atoms with Crippen LogP contribution in [0.25, 0.3) is 0 Å². The molecule has 14 heavy (non-hydrogen) atoms. The van der Waals surface area contributed by atoms with Crippen LogP contribution in [-0.2, 0) is 10.0 Å². The topological polar surface area (TPSA) is 80.5 Å². The highest BCUT2D eigenvalue weighted by molar-refractivity contribution is 7.92. The molecule has 0 aliphatic carbocycles. The van der Waals surface area contributed by atoms with E-state index < -0.39 is 16.1 Å². The van der Waals surface area contributed by atoms with Gasteiger partial charge in [-0.2, -0.15) is 4.31 Å². The third-order valence-electron chi connectivity index (χ3n) is 1.47. The summed E-state index contributed by atoms with van der Waals surface area (Å²) in [4.78, 5) is 10.9. The highest BCUT2D eigenvalue weighted by Crippen LogP contribution is 2.15. The molecule has 0 unspecified atom stereocenters. The molecule has 6 heteroatoms. The number of primary amides is 1. The molecule has 0 atom stereocenters. The Hall–Kier alpha value is -1.56. The number of carbonyl (C=O) groups is 1. The van der Waals surface area contributed by atoms with Crippen LogP contribution in [0.3, 0.4) is 0 Å². The standard InChI is InChI=1S/C8H9N2O3S/c1-14(12,13)10(8(9)11)7-5-3-2-4-6-7/h3-6H,1H3,(H2,9,11). The fourth-order valence-corrected chi connectivity index (χ4v) is 1.83. The van der Waals surface area contributed by atoms with Crippen LogP contribution < -0.4 is 10.0 Å². The Kier molecular flexibility index (Phi) is 2.76. The minimum absolute atomic E-state index is 0.207. The summed E-state index contributed by atoms with van der Waals surface area (Å²) >= 11 is 0. The molecule has 1 aromatic carbocycles. The van der Waals surface area contributed by atoms with E-state index in [1.807, 2.05) is 0 Å². The Labute approximate surface area is 82.2 Å². The van der Waals surface area contributed by atoms with Crippen molar-refractivity contribution < 1.29 is 13.2 Å². The predicted molar refractivity (Wildman–Crippen MR) is 52.2 cm³/mol.